The Labute approximate surface area is 169 Å². The van der Waals surface area contributed by atoms with Gasteiger partial charge < -0.3 is 14.9 Å². The van der Waals surface area contributed by atoms with E-state index in [0.29, 0.717) is 43.2 Å². The minimum atomic E-state index is -1.20. The zero-order chi connectivity index (χ0) is 21.0. The Bertz CT molecular complexity index is 832. The first-order valence-electron chi connectivity index (χ1n) is 10.2. The Kier molecular flexibility index (Phi) is 7.19. The van der Waals surface area contributed by atoms with E-state index in [-0.39, 0.29) is 24.2 Å². The number of hydrogen-bond donors (Lipinski definition) is 2. The van der Waals surface area contributed by atoms with Crippen LogP contribution in [0.5, 0.6) is 5.75 Å². The molecule has 0 amide bonds. The summed E-state index contributed by atoms with van der Waals surface area (Å²) in [6.07, 6.45) is 3.28. The summed E-state index contributed by atoms with van der Waals surface area (Å²) in [4.78, 5) is 0. The van der Waals surface area contributed by atoms with E-state index in [1.165, 1.54) is 18.2 Å². The van der Waals surface area contributed by atoms with E-state index in [1.54, 1.807) is 12.1 Å². The molecule has 2 N–H and O–H groups in total. The first-order valence-corrected chi connectivity index (χ1v) is 10.2. The summed E-state index contributed by atoms with van der Waals surface area (Å²) in [5.74, 6) is -3.39. The molecule has 3 nitrogen and oxygen atoms in total. The lowest BCUT2D eigenvalue weighted by Crippen LogP contribution is -2.21. The molecule has 1 unspecified atom stereocenters. The van der Waals surface area contributed by atoms with E-state index in [9.17, 15) is 23.4 Å². The summed E-state index contributed by atoms with van der Waals surface area (Å²) < 4.78 is 47.8. The molecule has 3 rings (SSSR count). The SMILES string of the molecule is CCCC(O)c1ccc(COC2CCC(c3ccc(O)c(F)c3F)CC2)c(F)c1. The van der Waals surface area contributed by atoms with Gasteiger partial charge in [0.15, 0.2) is 11.6 Å². The number of hydrogen-bond acceptors (Lipinski definition) is 3. The molecule has 0 saturated heterocycles. The molecule has 6 heteroatoms. The number of phenols is 1. The van der Waals surface area contributed by atoms with Crippen molar-refractivity contribution in [3.8, 4) is 5.75 Å². The number of aliphatic hydroxyl groups excluding tert-OH is 1. The molecule has 1 aliphatic carbocycles. The second-order valence-electron chi connectivity index (χ2n) is 7.74. The fourth-order valence-electron chi connectivity index (χ4n) is 3.95. The van der Waals surface area contributed by atoms with Gasteiger partial charge in [0.25, 0.3) is 0 Å². The molecule has 29 heavy (non-hydrogen) atoms. The monoisotopic (exact) mass is 408 g/mol. The van der Waals surface area contributed by atoms with Crippen molar-refractivity contribution in [3.63, 3.8) is 0 Å². The van der Waals surface area contributed by atoms with Gasteiger partial charge in [-0.1, -0.05) is 31.5 Å². The molecule has 0 aromatic heterocycles. The largest absolute Gasteiger partial charge is 0.505 e. The Balaban J connectivity index is 1.53. The first kappa shape index (κ1) is 21.7. The van der Waals surface area contributed by atoms with Gasteiger partial charge in [-0.05, 0) is 61.3 Å². The van der Waals surface area contributed by atoms with Gasteiger partial charge in [-0.3, -0.25) is 0 Å². The normalized spacial score (nSPS) is 20.6. The number of benzene rings is 2. The van der Waals surface area contributed by atoms with Crippen molar-refractivity contribution in [1.82, 2.24) is 0 Å². The fourth-order valence-corrected chi connectivity index (χ4v) is 3.95. The average Bonchev–Trinajstić information content (AvgIpc) is 2.72. The highest BCUT2D eigenvalue weighted by molar-refractivity contribution is 5.32. The molecular formula is C23H27F3O3. The van der Waals surface area contributed by atoms with Crippen molar-refractivity contribution in [3.05, 3.63) is 64.5 Å². The van der Waals surface area contributed by atoms with Gasteiger partial charge >= 0.3 is 0 Å². The second kappa shape index (κ2) is 9.63. The van der Waals surface area contributed by atoms with E-state index in [4.69, 9.17) is 4.74 Å². The molecular weight excluding hydrogens is 381 g/mol. The zero-order valence-electron chi connectivity index (χ0n) is 16.5. The number of ether oxygens (including phenoxy) is 1. The van der Waals surface area contributed by atoms with Crippen LogP contribution in [-0.4, -0.2) is 16.3 Å². The predicted octanol–water partition coefficient (Wildman–Crippen LogP) is 5.89. The van der Waals surface area contributed by atoms with Gasteiger partial charge in [0, 0.05) is 5.56 Å². The molecule has 158 valence electrons. The fraction of sp³-hybridized carbons (Fsp3) is 0.478. The molecule has 0 spiro atoms. The van der Waals surface area contributed by atoms with Gasteiger partial charge in [0.05, 0.1) is 18.8 Å². The summed E-state index contributed by atoms with van der Waals surface area (Å²) >= 11 is 0. The van der Waals surface area contributed by atoms with Crippen LogP contribution in [0.3, 0.4) is 0 Å². The first-order chi connectivity index (χ1) is 13.9. The third-order valence-corrected chi connectivity index (χ3v) is 5.70. The Morgan fingerprint density at radius 3 is 2.41 bits per heavy atom. The van der Waals surface area contributed by atoms with Crippen LogP contribution in [0.4, 0.5) is 13.2 Å². The van der Waals surface area contributed by atoms with Crippen LogP contribution in [0.1, 0.15) is 74.2 Å². The van der Waals surface area contributed by atoms with E-state index in [1.807, 2.05) is 6.92 Å². The van der Waals surface area contributed by atoms with E-state index < -0.39 is 29.3 Å². The standard InChI is InChI=1S/C23H27F3O3/c1-2-3-20(27)15-4-5-16(19(24)12-15)13-29-17-8-6-14(7-9-17)18-10-11-21(28)23(26)22(18)25/h4-5,10-12,14,17,20,27-28H,2-3,6-9,13H2,1H3. The van der Waals surface area contributed by atoms with Crippen LogP contribution in [0.15, 0.2) is 30.3 Å². The highest BCUT2D eigenvalue weighted by atomic mass is 19.2. The molecule has 1 aliphatic rings. The van der Waals surface area contributed by atoms with Gasteiger partial charge in [-0.2, -0.15) is 4.39 Å². The van der Waals surface area contributed by atoms with Gasteiger partial charge in [0.2, 0.25) is 5.82 Å². The van der Waals surface area contributed by atoms with Crippen molar-refractivity contribution >= 4 is 0 Å². The Morgan fingerprint density at radius 1 is 1.03 bits per heavy atom. The van der Waals surface area contributed by atoms with Crippen LogP contribution >= 0.6 is 0 Å². The number of aromatic hydroxyl groups is 1. The van der Waals surface area contributed by atoms with Crippen LogP contribution in [0.2, 0.25) is 0 Å². The average molecular weight is 408 g/mol. The van der Waals surface area contributed by atoms with Crippen LogP contribution in [-0.2, 0) is 11.3 Å². The lowest BCUT2D eigenvalue weighted by Gasteiger charge is -2.29. The number of aliphatic hydroxyl groups is 1. The van der Waals surface area contributed by atoms with Crippen molar-refractivity contribution in [2.45, 2.75) is 70.2 Å². The molecule has 0 aliphatic heterocycles. The maximum absolute atomic E-state index is 14.3. The van der Waals surface area contributed by atoms with Gasteiger partial charge in [0.1, 0.15) is 5.82 Å². The zero-order valence-corrected chi connectivity index (χ0v) is 16.5. The highest BCUT2D eigenvalue weighted by Crippen LogP contribution is 2.37. The second-order valence-corrected chi connectivity index (χ2v) is 7.74. The number of phenolic OH excluding ortho intramolecular Hbond substituents is 1. The minimum Gasteiger partial charge on any atom is -0.505 e. The van der Waals surface area contributed by atoms with Gasteiger partial charge in [-0.15, -0.1) is 0 Å². The number of rotatable bonds is 7. The molecule has 1 fully saturated rings. The van der Waals surface area contributed by atoms with Crippen molar-refractivity contribution < 1.29 is 28.1 Å². The maximum Gasteiger partial charge on any atom is 0.200 e. The Hall–Kier alpha value is -2.05. The smallest absolute Gasteiger partial charge is 0.200 e. The van der Waals surface area contributed by atoms with E-state index >= 15 is 0 Å². The van der Waals surface area contributed by atoms with Crippen LogP contribution < -0.4 is 0 Å². The molecule has 0 heterocycles. The van der Waals surface area contributed by atoms with E-state index in [0.717, 1.165) is 6.42 Å². The van der Waals surface area contributed by atoms with Crippen LogP contribution in [0.25, 0.3) is 0 Å². The molecule has 2 aromatic rings. The quantitative estimate of drug-likeness (QED) is 0.601. The molecule has 1 atom stereocenters. The summed E-state index contributed by atoms with van der Waals surface area (Å²) in [5.41, 5.74) is 1.29. The molecule has 1 saturated carbocycles. The highest BCUT2D eigenvalue weighted by Gasteiger charge is 2.27. The third-order valence-electron chi connectivity index (χ3n) is 5.70. The summed E-state index contributed by atoms with van der Waals surface area (Å²) in [6.45, 7) is 2.09. The lowest BCUT2D eigenvalue weighted by atomic mass is 9.82. The van der Waals surface area contributed by atoms with Gasteiger partial charge in [-0.25, -0.2) is 8.78 Å². The maximum atomic E-state index is 14.3. The summed E-state index contributed by atoms with van der Waals surface area (Å²) in [6, 6.07) is 7.34. The predicted molar refractivity (Wildman–Crippen MR) is 104 cm³/mol. The summed E-state index contributed by atoms with van der Waals surface area (Å²) in [7, 11) is 0. The van der Waals surface area contributed by atoms with Crippen molar-refractivity contribution in [1.29, 1.82) is 0 Å². The minimum absolute atomic E-state index is 0.0685. The van der Waals surface area contributed by atoms with Crippen molar-refractivity contribution in [2.75, 3.05) is 0 Å². The van der Waals surface area contributed by atoms with E-state index in [2.05, 4.69) is 0 Å². The van der Waals surface area contributed by atoms with Crippen LogP contribution in [0, 0.1) is 17.5 Å². The summed E-state index contributed by atoms with van der Waals surface area (Å²) in [5, 5.41) is 19.2. The third kappa shape index (κ3) is 5.11. The number of halogens is 3. The lowest BCUT2D eigenvalue weighted by molar-refractivity contribution is 0.0118. The Morgan fingerprint density at radius 2 is 1.76 bits per heavy atom. The molecule has 0 radical (unpaired) electrons. The topological polar surface area (TPSA) is 49.7 Å². The molecule has 2 aromatic carbocycles. The molecule has 0 bridgehead atoms. The van der Waals surface area contributed by atoms with Crippen molar-refractivity contribution in [2.24, 2.45) is 0 Å².